The van der Waals surface area contributed by atoms with E-state index in [-0.39, 0.29) is 24.1 Å². The van der Waals surface area contributed by atoms with Crippen molar-refractivity contribution in [2.45, 2.75) is 13.0 Å². The molecule has 2 heterocycles. The Morgan fingerprint density at radius 3 is 2.34 bits per heavy atom. The van der Waals surface area contributed by atoms with E-state index in [1.807, 2.05) is 30.3 Å². The summed E-state index contributed by atoms with van der Waals surface area (Å²) in [6, 6.07) is 14.3. The average molecular weight is 481 g/mol. The Hall–Kier alpha value is -3.72. The summed E-state index contributed by atoms with van der Waals surface area (Å²) in [4.78, 5) is 43.8. The molecule has 0 aliphatic carbocycles. The van der Waals surface area contributed by atoms with Crippen LogP contribution in [0.25, 0.3) is 0 Å². The molecule has 0 spiro atoms. The third-order valence-electron chi connectivity index (χ3n) is 6.34. The standard InChI is InChI=1S/C26H29FN4O4/c1-3-35-25(33)22-21(29(2)26(34)28-23(22)18-9-5-4-6-10-18)17-30-13-15-31(16-14-30)24(32)19-11-7-8-12-20(19)27/h4-12,23H,3,13-17H2,1-2H3,(H,28,34). The highest BCUT2D eigenvalue weighted by molar-refractivity contribution is 5.95. The third-order valence-corrected chi connectivity index (χ3v) is 6.34. The summed E-state index contributed by atoms with van der Waals surface area (Å²) < 4.78 is 19.4. The van der Waals surface area contributed by atoms with Gasteiger partial charge in [-0.1, -0.05) is 42.5 Å². The van der Waals surface area contributed by atoms with Crippen LogP contribution < -0.4 is 5.32 Å². The number of hydrogen-bond acceptors (Lipinski definition) is 5. The van der Waals surface area contributed by atoms with Crippen LogP contribution in [0.3, 0.4) is 0 Å². The Morgan fingerprint density at radius 2 is 1.69 bits per heavy atom. The lowest BCUT2D eigenvalue weighted by Gasteiger charge is -2.39. The van der Waals surface area contributed by atoms with Crippen molar-refractivity contribution in [2.75, 3.05) is 46.4 Å². The lowest BCUT2D eigenvalue weighted by atomic mass is 9.94. The summed E-state index contributed by atoms with van der Waals surface area (Å²) in [5.41, 5.74) is 1.80. The van der Waals surface area contributed by atoms with Crippen molar-refractivity contribution < 1.29 is 23.5 Å². The number of rotatable bonds is 6. The second kappa shape index (κ2) is 10.7. The number of halogens is 1. The lowest BCUT2D eigenvalue weighted by molar-refractivity contribution is -0.139. The quantitative estimate of drug-likeness (QED) is 0.643. The Morgan fingerprint density at radius 1 is 1.03 bits per heavy atom. The zero-order chi connectivity index (χ0) is 24.9. The van der Waals surface area contributed by atoms with E-state index in [9.17, 15) is 18.8 Å². The maximum absolute atomic E-state index is 14.1. The SMILES string of the molecule is CCOC(=O)C1=C(CN2CCN(C(=O)c3ccccc3F)CC2)N(C)C(=O)NC1c1ccccc1. The van der Waals surface area contributed by atoms with Gasteiger partial charge in [0.1, 0.15) is 5.82 Å². The van der Waals surface area contributed by atoms with Gasteiger partial charge in [-0.2, -0.15) is 0 Å². The number of urea groups is 1. The Kier molecular flexibility index (Phi) is 7.45. The number of esters is 1. The van der Waals surface area contributed by atoms with Crippen LogP contribution in [-0.2, 0) is 9.53 Å². The van der Waals surface area contributed by atoms with Gasteiger partial charge in [-0.05, 0) is 24.6 Å². The van der Waals surface area contributed by atoms with E-state index in [2.05, 4.69) is 10.2 Å². The second-order valence-electron chi connectivity index (χ2n) is 8.48. The first-order valence-corrected chi connectivity index (χ1v) is 11.7. The molecule has 0 aromatic heterocycles. The van der Waals surface area contributed by atoms with Gasteiger partial charge >= 0.3 is 12.0 Å². The normalized spacial score (nSPS) is 18.9. The Balaban J connectivity index is 1.55. The molecule has 1 atom stereocenters. The first-order chi connectivity index (χ1) is 16.9. The van der Waals surface area contributed by atoms with Gasteiger partial charge in [-0.3, -0.25) is 14.6 Å². The maximum Gasteiger partial charge on any atom is 0.338 e. The lowest BCUT2D eigenvalue weighted by Crippen LogP contribution is -2.53. The summed E-state index contributed by atoms with van der Waals surface area (Å²) in [7, 11) is 1.63. The molecular weight excluding hydrogens is 451 g/mol. The summed E-state index contributed by atoms with van der Waals surface area (Å²) in [5, 5.41) is 2.91. The van der Waals surface area contributed by atoms with Crippen LogP contribution in [0.5, 0.6) is 0 Å². The number of ether oxygens (including phenoxy) is 1. The maximum atomic E-state index is 14.1. The van der Waals surface area contributed by atoms with Crippen molar-refractivity contribution in [1.29, 1.82) is 0 Å². The van der Waals surface area contributed by atoms with E-state index in [1.54, 1.807) is 31.0 Å². The molecule has 2 aliphatic heterocycles. The summed E-state index contributed by atoms with van der Waals surface area (Å²) in [6.45, 7) is 4.15. The van der Waals surface area contributed by atoms with Crippen molar-refractivity contribution in [1.82, 2.24) is 20.0 Å². The number of likely N-dealkylation sites (N-methyl/N-ethyl adjacent to an activating group) is 1. The fourth-order valence-corrected chi connectivity index (χ4v) is 4.42. The number of carbonyl (C=O) groups is 3. The van der Waals surface area contributed by atoms with Gasteiger partial charge in [0, 0.05) is 45.5 Å². The number of nitrogens with zero attached hydrogens (tertiary/aromatic N) is 3. The highest BCUT2D eigenvalue weighted by Crippen LogP contribution is 2.31. The fourth-order valence-electron chi connectivity index (χ4n) is 4.42. The van der Waals surface area contributed by atoms with Gasteiger partial charge in [0.05, 0.1) is 23.8 Å². The van der Waals surface area contributed by atoms with E-state index in [0.29, 0.717) is 44.0 Å². The van der Waals surface area contributed by atoms with Crippen molar-refractivity contribution in [3.63, 3.8) is 0 Å². The molecule has 1 unspecified atom stereocenters. The predicted molar refractivity (Wildman–Crippen MR) is 128 cm³/mol. The average Bonchev–Trinajstić information content (AvgIpc) is 2.87. The minimum absolute atomic E-state index is 0.0580. The van der Waals surface area contributed by atoms with Crippen molar-refractivity contribution in [3.05, 3.63) is 82.8 Å². The third kappa shape index (κ3) is 5.19. The van der Waals surface area contributed by atoms with Crippen LogP contribution in [0.2, 0.25) is 0 Å². The van der Waals surface area contributed by atoms with Crippen LogP contribution in [0.15, 0.2) is 65.9 Å². The second-order valence-corrected chi connectivity index (χ2v) is 8.48. The number of amides is 3. The molecule has 9 heteroatoms. The molecule has 2 aromatic rings. The zero-order valence-electron chi connectivity index (χ0n) is 19.9. The van der Waals surface area contributed by atoms with Crippen LogP contribution in [0, 0.1) is 5.82 Å². The van der Waals surface area contributed by atoms with Crippen LogP contribution in [0.1, 0.15) is 28.9 Å². The Labute approximate surface area is 203 Å². The molecule has 35 heavy (non-hydrogen) atoms. The van der Waals surface area contributed by atoms with Crippen molar-refractivity contribution in [3.8, 4) is 0 Å². The van der Waals surface area contributed by atoms with Gasteiger partial charge < -0.3 is 15.0 Å². The van der Waals surface area contributed by atoms with Gasteiger partial charge in [-0.25, -0.2) is 14.0 Å². The van der Waals surface area contributed by atoms with Gasteiger partial charge in [0.25, 0.3) is 5.91 Å². The summed E-state index contributed by atoms with van der Waals surface area (Å²) in [6.07, 6.45) is 0. The molecule has 0 radical (unpaired) electrons. The predicted octanol–water partition coefficient (Wildman–Crippen LogP) is 2.80. The highest BCUT2D eigenvalue weighted by Gasteiger charge is 2.37. The molecule has 1 saturated heterocycles. The number of benzene rings is 2. The molecule has 4 rings (SSSR count). The van der Waals surface area contributed by atoms with Gasteiger partial charge in [-0.15, -0.1) is 0 Å². The van der Waals surface area contributed by atoms with Crippen molar-refractivity contribution >= 4 is 17.9 Å². The first-order valence-electron chi connectivity index (χ1n) is 11.7. The number of nitrogens with one attached hydrogen (secondary N) is 1. The molecule has 184 valence electrons. The molecule has 1 N–H and O–H groups in total. The van der Waals surface area contributed by atoms with E-state index in [0.717, 1.165) is 5.56 Å². The minimum Gasteiger partial charge on any atom is -0.463 e. The molecule has 8 nitrogen and oxygen atoms in total. The molecular formula is C26H29FN4O4. The van der Waals surface area contributed by atoms with Crippen molar-refractivity contribution in [2.24, 2.45) is 0 Å². The molecule has 0 bridgehead atoms. The molecule has 2 aliphatic rings. The Bertz CT molecular complexity index is 1130. The van der Waals surface area contributed by atoms with Crippen LogP contribution >= 0.6 is 0 Å². The van der Waals surface area contributed by atoms with Gasteiger partial charge in [0.15, 0.2) is 0 Å². The summed E-state index contributed by atoms with van der Waals surface area (Å²) >= 11 is 0. The molecule has 0 saturated carbocycles. The smallest absolute Gasteiger partial charge is 0.338 e. The number of piperazine rings is 1. The number of carbonyl (C=O) groups excluding carboxylic acids is 3. The van der Waals surface area contributed by atoms with Gasteiger partial charge in [0.2, 0.25) is 0 Å². The van der Waals surface area contributed by atoms with Crippen LogP contribution in [0.4, 0.5) is 9.18 Å². The first kappa shape index (κ1) is 24.4. The van der Waals surface area contributed by atoms with Crippen LogP contribution in [-0.4, -0.2) is 79.0 Å². The largest absolute Gasteiger partial charge is 0.463 e. The van der Waals surface area contributed by atoms with E-state index in [1.165, 1.54) is 17.0 Å². The zero-order valence-corrected chi connectivity index (χ0v) is 19.9. The monoisotopic (exact) mass is 480 g/mol. The minimum atomic E-state index is -0.627. The highest BCUT2D eigenvalue weighted by atomic mass is 19.1. The molecule has 2 aromatic carbocycles. The summed E-state index contributed by atoms with van der Waals surface area (Å²) in [5.74, 6) is -1.35. The fraction of sp³-hybridized carbons (Fsp3) is 0.346. The number of hydrogen-bond donors (Lipinski definition) is 1. The van der Waals surface area contributed by atoms with E-state index < -0.39 is 17.8 Å². The molecule has 1 fully saturated rings. The van der Waals surface area contributed by atoms with E-state index >= 15 is 0 Å². The van der Waals surface area contributed by atoms with E-state index in [4.69, 9.17) is 4.74 Å². The molecule has 3 amide bonds. The topological polar surface area (TPSA) is 82.2 Å².